The molecule has 1 N–H and O–H groups in total. The molecule has 0 aliphatic heterocycles. The van der Waals surface area contributed by atoms with Crippen molar-refractivity contribution in [2.24, 2.45) is 0 Å². The Hall–Kier alpha value is -0.300. The highest BCUT2D eigenvalue weighted by molar-refractivity contribution is 5.03. The van der Waals surface area contributed by atoms with Crippen LogP contribution in [0.5, 0.6) is 0 Å². The van der Waals surface area contributed by atoms with E-state index >= 15 is 0 Å². The molecule has 0 aliphatic carbocycles. The van der Waals surface area contributed by atoms with Crippen molar-refractivity contribution in [1.82, 2.24) is 0 Å². The van der Waals surface area contributed by atoms with E-state index in [4.69, 9.17) is 0 Å². The van der Waals surface area contributed by atoms with Gasteiger partial charge < -0.3 is 5.11 Å². The van der Waals surface area contributed by atoms with Gasteiger partial charge in [0, 0.05) is 0 Å². The number of hydrogen-bond acceptors (Lipinski definition) is 1. The zero-order valence-corrected chi connectivity index (χ0v) is 8.64. The van der Waals surface area contributed by atoms with Crippen LogP contribution in [0.1, 0.15) is 60.3 Å². The number of unbranched alkanes of at least 4 members (excludes halogenated alkanes) is 2. The smallest absolute Gasteiger partial charge is 0.0747 e. The second kappa shape index (κ2) is 9.79. The minimum absolute atomic E-state index is 0. The number of aliphatic hydroxyl groups excluding tert-OH is 1. The van der Waals surface area contributed by atoms with Gasteiger partial charge in [0.25, 0.3) is 0 Å². The van der Waals surface area contributed by atoms with Crippen LogP contribution in [0.2, 0.25) is 0 Å². The number of hydrogen-bond donors (Lipinski definition) is 1. The lowest BCUT2D eigenvalue weighted by molar-refractivity contribution is 0.196. The van der Waals surface area contributed by atoms with Crippen LogP contribution in [0.15, 0.2) is 11.6 Å². The van der Waals surface area contributed by atoms with Crippen molar-refractivity contribution in [2.75, 3.05) is 0 Å². The molecule has 0 radical (unpaired) electrons. The topological polar surface area (TPSA) is 20.2 Å². The zero-order chi connectivity index (χ0) is 9.40. The van der Waals surface area contributed by atoms with E-state index in [0.29, 0.717) is 0 Å². The van der Waals surface area contributed by atoms with Gasteiger partial charge in [-0.05, 0) is 25.3 Å². The van der Waals surface area contributed by atoms with E-state index in [-0.39, 0.29) is 13.5 Å². The maximum atomic E-state index is 9.61. The Balaban J connectivity index is 0. The molecule has 0 amide bonds. The number of rotatable bonds is 6. The fourth-order valence-corrected chi connectivity index (χ4v) is 1.27. The fraction of sp³-hybridized carbons (Fsp3) is 0.833. The van der Waals surface area contributed by atoms with E-state index < -0.39 is 0 Å². The Kier molecular flexibility index (Phi) is 11.4. The summed E-state index contributed by atoms with van der Waals surface area (Å²) in [6, 6.07) is 0. The summed E-state index contributed by atoms with van der Waals surface area (Å²) in [4.78, 5) is 0. The first kappa shape index (κ1) is 15.2. The molecule has 0 aromatic carbocycles. The summed E-state index contributed by atoms with van der Waals surface area (Å²) in [5.74, 6) is 0. The van der Waals surface area contributed by atoms with Crippen molar-refractivity contribution < 1.29 is 5.11 Å². The van der Waals surface area contributed by atoms with Gasteiger partial charge in [-0.2, -0.15) is 0 Å². The summed E-state index contributed by atoms with van der Waals surface area (Å²) in [5.41, 5.74) is 1.13. The Morgan fingerprint density at radius 2 is 1.92 bits per heavy atom. The third-order valence-electron chi connectivity index (χ3n) is 2.13. The summed E-state index contributed by atoms with van der Waals surface area (Å²) >= 11 is 0. The third kappa shape index (κ3) is 8.04. The van der Waals surface area contributed by atoms with Gasteiger partial charge in [0.2, 0.25) is 0 Å². The Morgan fingerprint density at radius 3 is 2.38 bits per heavy atom. The zero-order valence-electron chi connectivity index (χ0n) is 8.64. The monoisotopic (exact) mass is 186 g/mol. The number of allylic oxidation sites excluding steroid dienone is 1. The van der Waals surface area contributed by atoms with Crippen LogP contribution in [-0.2, 0) is 0 Å². The molecule has 13 heavy (non-hydrogen) atoms. The van der Waals surface area contributed by atoms with E-state index in [0.717, 1.165) is 24.8 Å². The highest BCUT2D eigenvalue weighted by Gasteiger charge is 2.04. The van der Waals surface area contributed by atoms with Crippen LogP contribution >= 0.6 is 0 Å². The van der Waals surface area contributed by atoms with Gasteiger partial charge in [0.1, 0.15) is 0 Å². The van der Waals surface area contributed by atoms with Gasteiger partial charge in [0.05, 0.1) is 6.10 Å². The van der Waals surface area contributed by atoms with Gasteiger partial charge in [-0.3, -0.25) is 0 Å². The number of aliphatic hydroxyl groups is 1. The van der Waals surface area contributed by atoms with Gasteiger partial charge in [-0.1, -0.05) is 46.6 Å². The lowest BCUT2D eigenvalue weighted by Gasteiger charge is -2.10. The van der Waals surface area contributed by atoms with Crippen molar-refractivity contribution in [2.45, 2.75) is 66.4 Å². The Morgan fingerprint density at radius 1 is 1.31 bits per heavy atom. The van der Waals surface area contributed by atoms with Gasteiger partial charge in [0.15, 0.2) is 0 Å². The molecule has 1 atom stereocenters. The first-order valence-electron chi connectivity index (χ1n) is 5.07. The molecule has 80 valence electrons. The molecular formula is C12H26O. The highest BCUT2D eigenvalue weighted by atomic mass is 16.3. The summed E-state index contributed by atoms with van der Waals surface area (Å²) in [7, 11) is 0. The molecule has 1 unspecified atom stereocenters. The average Bonchev–Trinajstić information content (AvgIpc) is 2.05. The lowest BCUT2D eigenvalue weighted by atomic mass is 10.0. The maximum absolute atomic E-state index is 9.61. The predicted molar refractivity (Wildman–Crippen MR) is 60.9 cm³/mol. The standard InChI is InChI=1S/C11H22O.CH4/c1-4-6-7-9-11(12)10(3)8-5-2;/h8,11-12H,4-7,9H2,1-3H3;1H4/b10-8+;. The van der Waals surface area contributed by atoms with E-state index in [1.54, 1.807) is 0 Å². The molecule has 0 rings (SSSR count). The van der Waals surface area contributed by atoms with Crippen LogP contribution in [-0.4, -0.2) is 11.2 Å². The lowest BCUT2D eigenvalue weighted by Crippen LogP contribution is -2.07. The second-order valence-corrected chi connectivity index (χ2v) is 3.37. The summed E-state index contributed by atoms with van der Waals surface area (Å²) < 4.78 is 0. The van der Waals surface area contributed by atoms with Crippen LogP contribution in [0.4, 0.5) is 0 Å². The van der Waals surface area contributed by atoms with Crippen LogP contribution in [0, 0.1) is 0 Å². The molecule has 0 spiro atoms. The van der Waals surface area contributed by atoms with Gasteiger partial charge in [-0.25, -0.2) is 0 Å². The minimum atomic E-state index is -0.198. The van der Waals surface area contributed by atoms with Crippen molar-refractivity contribution in [3.8, 4) is 0 Å². The molecule has 1 heteroatoms. The van der Waals surface area contributed by atoms with E-state index in [2.05, 4.69) is 19.9 Å². The molecular weight excluding hydrogens is 160 g/mol. The highest BCUT2D eigenvalue weighted by Crippen LogP contribution is 2.11. The first-order chi connectivity index (χ1) is 5.72. The maximum Gasteiger partial charge on any atom is 0.0747 e. The largest absolute Gasteiger partial charge is 0.389 e. The third-order valence-corrected chi connectivity index (χ3v) is 2.13. The molecule has 0 aromatic heterocycles. The van der Waals surface area contributed by atoms with Gasteiger partial charge >= 0.3 is 0 Å². The van der Waals surface area contributed by atoms with Crippen LogP contribution < -0.4 is 0 Å². The van der Waals surface area contributed by atoms with Crippen molar-refractivity contribution in [3.05, 3.63) is 11.6 Å². The van der Waals surface area contributed by atoms with Gasteiger partial charge in [-0.15, -0.1) is 0 Å². The average molecular weight is 186 g/mol. The Bertz CT molecular complexity index is 127. The van der Waals surface area contributed by atoms with E-state index in [1.165, 1.54) is 12.8 Å². The summed E-state index contributed by atoms with van der Waals surface area (Å²) in [6.07, 6.45) is 7.46. The van der Waals surface area contributed by atoms with E-state index in [1.807, 2.05) is 6.92 Å². The normalized spacial score (nSPS) is 13.7. The van der Waals surface area contributed by atoms with Crippen LogP contribution in [0.25, 0.3) is 0 Å². The van der Waals surface area contributed by atoms with Crippen LogP contribution in [0.3, 0.4) is 0 Å². The quantitative estimate of drug-likeness (QED) is 0.492. The fourth-order valence-electron chi connectivity index (χ4n) is 1.27. The first-order valence-corrected chi connectivity index (χ1v) is 5.07. The Labute approximate surface area is 83.9 Å². The summed E-state index contributed by atoms with van der Waals surface area (Å²) in [6.45, 7) is 6.30. The second-order valence-electron chi connectivity index (χ2n) is 3.37. The van der Waals surface area contributed by atoms with E-state index in [9.17, 15) is 5.11 Å². The van der Waals surface area contributed by atoms with Crippen molar-refractivity contribution in [3.63, 3.8) is 0 Å². The van der Waals surface area contributed by atoms with Crippen molar-refractivity contribution >= 4 is 0 Å². The SMILES string of the molecule is C.CC/C=C(\C)C(O)CCCCC. The molecule has 0 aromatic rings. The molecule has 0 saturated carbocycles. The van der Waals surface area contributed by atoms with Crippen molar-refractivity contribution in [1.29, 1.82) is 0 Å². The molecule has 0 saturated heterocycles. The predicted octanol–water partition coefficient (Wildman–Crippen LogP) is 3.92. The molecule has 0 aliphatic rings. The minimum Gasteiger partial charge on any atom is -0.389 e. The molecule has 1 nitrogen and oxygen atoms in total. The molecule has 0 bridgehead atoms. The molecule has 0 fully saturated rings. The summed E-state index contributed by atoms with van der Waals surface area (Å²) in [5, 5.41) is 9.61. The molecule has 0 heterocycles.